The Bertz CT molecular complexity index is 870. The smallest absolute Gasteiger partial charge is 0.277 e. The Morgan fingerprint density at radius 2 is 1.88 bits per heavy atom. The molecule has 0 spiro atoms. The summed E-state index contributed by atoms with van der Waals surface area (Å²) in [6.07, 6.45) is 5.58. The number of carbonyl (C=O) groups is 2. The van der Waals surface area contributed by atoms with E-state index in [0.717, 1.165) is 28.0 Å². The van der Waals surface area contributed by atoms with Gasteiger partial charge in [0.2, 0.25) is 0 Å². The van der Waals surface area contributed by atoms with Crippen LogP contribution >= 0.6 is 0 Å². The molecule has 0 saturated heterocycles. The largest absolute Gasteiger partial charge is 0.325 e. The van der Waals surface area contributed by atoms with Crippen molar-refractivity contribution in [2.75, 3.05) is 0 Å². The standard InChI is InChI=1S/C20H20N2O2/c1-11-5-6-15(9-12(11)2)20(24)21-16-7-8-17-13(3)14(4)19(23)22-18(17)10-16/h5-10,17H,1-4H3,(H,22,23). The molecule has 1 unspecified atom stereocenters. The Labute approximate surface area is 141 Å². The summed E-state index contributed by atoms with van der Waals surface area (Å²) in [6.45, 7) is 7.76. The van der Waals surface area contributed by atoms with Crippen molar-refractivity contribution in [3.8, 4) is 0 Å². The minimum atomic E-state index is -0.279. The predicted molar refractivity (Wildman–Crippen MR) is 94.9 cm³/mol. The fourth-order valence-corrected chi connectivity index (χ4v) is 2.85. The van der Waals surface area contributed by atoms with Crippen LogP contribution in [0.15, 0.2) is 58.3 Å². The van der Waals surface area contributed by atoms with E-state index < -0.39 is 0 Å². The van der Waals surface area contributed by atoms with E-state index in [4.69, 9.17) is 0 Å². The summed E-state index contributed by atoms with van der Waals surface area (Å²) < 4.78 is 0. The summed E-state index contributed by atoms with van der Waals surface area (Å²) in [7, 11) is 0. The topological polar surface area (TPSA) is 58.5 Å². The highest BCUT2D eigenvalue weighted by Crippen LogP contribution is 2.29. The first-order valence-corrected chi connectivity index (χ1v) is 7.95. The number of benzene rings is 1. The van der Waals surface area contributed by atoms with Crippen LogP contribution < -0.4 is 5.32 Å². The highest BCUT2D eigenvalue weighted by Gasteiger charge is 2.27. The van der Waals surface area contributed by atoms with Gasteiger partial charge in [-0.2, -0.15) is 0 Å². The van der Waals surface area contributed by atoms with Gasteiger partial charge < -0.3 is 5.32 Å². The maximum Gasteiger partial charge on any atom is 0.277 e. The SMILES string of the molecule is CC1=C(C)C2C=CC(=NC(=O)c3ccc(C)c(C)c3)C=C2NC1=O. The molecule has 1 aliphatic heterocycles. The zero-order chi connectivity index (χ0) is 17.4. The molecule has 122 valence electrons. The maximum absolute atomic E-state index is 12.4. The number of allylic oxidation sites excluding steroid dienone is 3. The first-order valence-electron chi connectivity index (χ1n) is 7.95. The van der Waals surface area contributed by atoms with E-state index in [1.54, 1.807) is 12.1 Å². The molecule has 0 saturated carbocycles. The van der Waals surface area contributed by atoms with E-state index in [-0.39, 0.29) is 17.7 Å². The fourth-order valence-electron chi connectivity index (χ4n) is 2.85. The molecule has 0 radical (unpaired) electrons. The molecule has 1 N–H and O–H groups in total. The molecule has 24 heavy (non-hydrogen) atoms. The van der Waals surface area contributed by atoms with Crippen molar-refractivity contribution in [1.29, 1.82) is 0 Å². The number of nitrogens with one attached hydrogen (secondary N) is 1. The van der Waals surface area contributed by atoms with Crippen molar-refractivity contribution in [2.45, 2.75) is 27.7 Å². The zero-order valence-electron chi connectivity index (χ0n) is 14.3. The summed E-state index contributed by atoms with van der Waals surface area (Å²) in [5, 5.41) is 2.88. The van der Waals surface area contributed by atoms with Crippen LogP contribution in [0.5, 0.6) is 0 Å². The van der Waals surface area contributed by atoms with Crippen LogP contribution in [0.4, 0.5) is 0 Å². The van der Waals surface area contributed by atoms with Crippen LogP contribution in [-0.2, 0) is 4.79 Å². The van der Waals surface area contributed by atoms with Crippen molar-refractivity contribution < 1.29 is 9.59 Å². The first-order chi connectivity index (χ1) is 11.4. The Hall–Kier alpha value is -2.75. The average molecular weight is 320 g/mol. The van der Waals surface area contributed by atoms with E-state index in [0.29, 0.717) is 11.3 Å². The number of nitrogens with zero attached hydrogens (tertiary/aromatic N) is 1. The zero-order valence-corrected chi connectivity index (χ0v) is 14.3. The Morgan fingerprint density at radius 1 is 1.12 bits per heavy atom. The normalized spacial score (nSPS) is 21.5. The Kier molecular flexibility index (Phi) is 4.06. The number of carbonyl (C=O) groups excluding carboxylic acids is 2. The second-order valence-electron chi connectivity index (χ2n) is 6.34. The fraction of sp³-hybridized carbons (Fsp3) is 0.250. The van der Waals surface area contributed by atoms with Gasteiger partial charge >= 0.3 is 0 Å². The molecule has 2 aliphatic rings. The lowest BCUT2D eigenvalue weighted by atomic mass is 9.85. The predicted octanol–water partition coefficient (Wildman–Crippen LogP) is 3.42. The van der Waals surface area contributed by atoms with E-state index in [9.17, 15) is 9.59 Å². The van der Waals surface area contributed by atoms with Crippen LogP contribution in [0.3, 0.4) is 0 Å². The second-order valence-corrected chi connectivity index (χ2v) is 6.34. The van der Waals surface area contributed by atoms with Gasteiger partial charge in [0.25, 0.3) is 11.8 Å². The van der Waals surface area contributed by atoms with Crippen LogP contribution in [0.25, 0.3) is 0 Å². The van der Waals surface area contributed by atoms with Gasteiger partial charge in [-0.15, -0.1) is 0 Å². The van der Waals surface area contributed by atoms with Gasteiger partial charge in [-0.25, -0.2) is 4.99 Å². The molecule has 4 nitrogen and oxygen atoms in total. The van der Waals surface area contributed by atoms with Gasteiger partial charge in [-0.3, -0.25) is 9.59 Å². The molecule has 1 heterocycles. The average Bonchev–Trinajstić information content (AvgIpc) is 2.55. The van der Waals surface area contributed by atoms with Crippen LogP contribution in [0, 0.1) is 19.8 Å². The molecule has 0 fully saturated rings. The molecule has 0 aromatic heterocycles. The molecule has 0 bridgehead atoms. The van der Waals surface area contributed by atoms with Crippen LogP contribution in [0.1, 0.15) is 35.3 Å². The highest BCUT2D eigenvalue weighted by molar-refractivity contribution is 6.14. The molecule has 1 aromatic rings. The summed E-state index contributed by atoms with van der Waals surface area (Å²) in [4.78, 5) is 28.5. The first kappa shape index (κ1) is 16.1. The van der Waals surface area contributed by atoms with Gasteiger partial charge in [0, 0.05) is 22.8 Å². The maximum atomic E-state index is 12.4. The molecule has 1 atom stereocenters. The van der Waals surface area contributed by atoms with E-state index >= 15 is 0 Å². The minimum Gasteiger partial charge on any atom is -0.325 e. The summed E-state index contributed by atoms with van der Waals surface area (Å²) in [5.41, 5.74) is 5.88. The van der Waals surface area contributed by atoms with Crippen molar-refractivity contribution >= 4 is 17.5 Å². The summed E-state index contributed by atoms with van der Waals surface area (Å²) >= 11 is 0. The number of hydrogen-bond donors (Lipinski definition) is 1. The Balaban J connectivity index is 1.89. The second kappa shape index (κ2) is 6.04. The number of fused-ring (bicyclic) bond motifs is 1. The minimum absolute atomic E-state index is 0.0540. The van der Waals surface area contributed by atoms with E-state index in [1.807, 2.05) is 52.0 Å². The molecule has 2 amide bonds. The van der Waals surface area contributed by atoms with Gasteiger partial charge in [-0.05, 0) is 63.1 Å². The van der Waals surface area contributed by atoms with E-state index in [1.165, 1.54) is 0 Å². The molecular weight excluding hydrogens is 300 g/mol. The third kappa shape index (κ3) is 2.87. The van der Waals surface area contributed by atoms with Crippen LogP contribution in [0.2, 0.25) is 0 Å². The number of aryl methyl sites for hydroxylation is 2. The van der Waals surface area contributed by atoms with Crippen molar-refractivity contribution in [3.05, 3.63) is 70.0 Å². The van der Waals surface area contributed by atoms with Gasteiger partial charge in [0.15, 0.2) is 0 Å². The summed E-state index contributed by atoms with van der Waals surface area (Å²) in [6, 6.07) is 5.56. The molecule has 4 heteroatoms. The lowest BCUT2D eigenvalue weighted by molar-refractivity contribution is -0.117. The highest BCUT2D eigenvalue weighted by atomic mass is 16.2. The molecule has 1 aliphatic carbocycles. The van der Waals surface area contributed by atoms with Gasteiger partial charge in [0.05, 0.1) is 5.71 Å². The number of hydrogen-bond acceptors (Lipinski definition) is 2. The number of aliphatic imine (C=N–C) groups is 1. The van der Waals surface area contributed by atoms with Crippen LogP contribution in [-0.4, -0.2) is 17.5 Å². The third-order valence-electron chi connectivity index (χ3n) is 4.74. The molecule has 3 rings (SSSR count). The lowest BCUT2D eigenvalue weighted by Crippen LogP contribution is -2.35. The summed E-state index contributed by atoms with van der Waals surface area (Å²) in [5.74, 6) is -0.317. The quantitative estimate of drug-likeness (QED) is 0.862. The lowest BCUT2D eigenvalue weighted by Gasteiger charge is -2.28. The van der Waals surface area contributed by atoms with Crippen molar-refractivity contribution in [1.82, 2.24) is 5.32 Å². The van der Waals surface area contributed by atoms with Crippen molar-refractivity contribution in [2.24, 2.45) is 10.9 Å². The van der Waals surface area contributed by atoms with Gasteiger partial charge in [0.1, 0.15) is 0 Å². The Morgan fingerprint density at radius 3 is 2.58 bits per heavy atom. The monoisotopic (exact) mass is 320 g/mol. The third-order valence-corrected chi connectivity index (χ3v) is 4.74. The number of amides is 2. The molecular formula is C20H20N2O2. The van der Waals surface area contributed by atoms with E-state index in [2.05, 4.69) is 10.3 Å². The molecule has 1 aromatic carbocycles. The van der Waals surface area contributed by atoms with Gasteiger partial charge in [-0.1, -0.05) is 17.7 Å². The number of rotatable bonds is 1. The van der Waals surface area contributed by atoms with Crippen molar-refractivity contribution in [3.63, 3.8) is 0 Å².